The van der Waals surface area contributed by atoms with Crippen LogP contribution in [-0.4, -0.2) is 49.1 Å². The fraction of sp³-hybridized carbons (Fsp3) is 0.579. The zero-order valence-electron chi connectivity index (χ0n) is 15.8. The van der Waals surface area contributed by atoms with Gasteiger partial charge in [0, 0.05) is 19.6 Å². The summed E-state index contributed by atoms with van der Waals surface area (Å²) in [6, 6.07) is 1.07. The number of carbonyl (C=O) groups excluding carboxylic acids is 2. The van der Waals surface area contributed by atoms with Gasteiger partial charge in [0.2, 0.25) is 5.91 Å². The Bertz CT molecular complexity index is 750. The van der Waals surface area contributed by atoms with Crippen molar-refractivity contribution in [1.29, 1.82) is 0 Å². The summed E-state index contributed by atoms with van der Waals surface area (Å²) in [4.78, 5) is 26.0. The van der Waals surface area contributed by atoms with E-state index in [0.29, 0.717) is 44.3 Å². The monoisotopic (exact) mass is 416 g/mol. The van der Waals surface area contributed by atoms with E-state index in [4.69, 9.17) is 0 Å². The first kappa shape index (κ1) is 21.4. The molecule has 2 saturated heterocycles. The van der Waals surface area contributed by atoms with E-state index in [2.05, 4.69) is 16.0 Å². The zero-order valence-corrected chi connectivity index (χ0v) is 15.8. The molecule has 0 spiro atoms. The van der Waals surface area contributed by atoms with Gasteiger partial charge in [-0.15, -0.1) is 0 Å². The molecular formula is C19H24F4N4O2. The fourth-order valence-electron chi connectivity index (χ4n) is 3.68. The molecule has 3 N–H and O–H groups in total. The normalized spacial score (nSPS) is 22.4. The molecule has 3 rings (SSSR count). The highest BCUT2D eigenvalue weighted by atomic mass is 19.4. The number of halogens is 4. The maximum Gasteiger partial charge on any atom is 0.416 e. The van der Waals surface area contributed by atoms with Crippen LogP contribution in [0, 0.1) is 11.7 Å². The average Bonchev–Trinajstić information content (AvgIpc) is 3.22. The second kappa shape index (κ2) is 8.98. The quantitative estimate of drug-likeness (QED) is 0.661. The van der Waals surface area contributed by atoms with Crippen molar-refractivity contribution in [3.63, 3.8) is 0 Å². The van der Waals surface area contributed by atoms with Gasteiger partial charge < -0.3 is 20.9 Å². The van der Waals surface area contributed by atoms with Gasteiger partial charge in [0.15, 0.2) is 0 Å². The van der Waals surface area contributed by atoms with Crippen LogP contribution in [0.3, 0.4) is 0 Å². The molecule has 0 saturated carbocycles. The Morgan fingerprint density at radius 2 is 2.00 bits per heavy atom. The first-order valence-corrected chi connectivity index (χ1v) is 9.68. The lowest BCUT2D eigenvalue weighted by atomic mass is 9.98. The summed E-state index contributed by atoms with van der Waals surface area (Å²) in [7, 11) is 0. The maximum absolute atomic E-state index is 13.9. The van der Waals surface area contributed by atoms with Crippen molar-refractivity contribution in [3.05, 3.63) is 29.6 Å². The highest BCUT2D eigenvalue weighted by molar-refractivity contribution is 5.89. The molecule has 0 aliphatic carbocycles. The topological polar surface area (TPSA) is 73.5 Å². The lowest BCUT2D eigenvalue weighted by molar-refractivity contribution is -0.137. The van der Waals surface area contributed by atoms with E-state index in [0.717, 1.165) is 25.8 Å². The zero-order chi connectivity index (χ0) is 21.0. The van der Waals surface area contributed by atoms with Crippen molar-refractivity contribution in [1.82, 2.24) is 15.5 Å². The second-order valence-electron chi connectivity index (χ2n) is 7.47. The number of nitrogens with one attached hydrogen (secondary N) is 3. The van der Waals surface area contributed by atoms with Gasteiger partial charge in [0.05, 0.1) is 17.3 Å². The summed E-state index contributed by atoms with van der Waals surface area (Å²) in [5, 5.41) is 8.25. The van der Waals surface area contributed by atoms with Gasteiger partial charge in [-0.1, -0.05) is 0 Å². The van der Waals surface area contributed by atoms with E-state index in [1.807, 2.05) is 0 Å². The molecule has 160 valence electrons. The minimum atomic E-state index is -4.63. The Morgan fingerprint density at radius 1 is 1.21 bits per heavy atom. The predicted molar refractivity (Wildman–Crippen MR) is 98.8 cm³/mol. The summed E-state index contributed by atoms with van der Waals surface area (Å²) in [6.45, 7) is 1.99. The average molecular weight is 416 g/mol. The highest BCUT2D eigenvalue weighted by Gasteiger charge is 2.32. The molecule has 2 atom stereocenters. The van der Waals surface area contributed by atoms with Gasteiger partial charge in [-0.2, -0.15) is 13.2 Å². The minimum absolute atomic E-state index is 0.0335. The van der Waals surface area contributed by atoms with Crippen LogP contribution in [0.4, 0.5) is 28.0 Å². The molecule has 2 unspecified atom stereocenters. The number of alkyl halides is 3. The van der Waals surface area contributed by atoms with Crippen LogP contribution < -0.4 is 16.0 Å². The maximum atomic E-state index is 13.9. The van der Waals surface area contributed by atoms with Crippen LogP contribution in [0.2, 0.25) is 0 Å². The Hall–Kier alpha value is -2.36. The predicted octanol–water partition coefficient (Wildman–Crippen LogP) is 2.96. The molecule has 0 radical (unpaired) electrons. The smallest absolute Gasteiger partial charge is 0.354 e. The molecule has 1 aromatic carbocycles. The molecule has 2 fully saturated rings. The summed E-state index contributed by atoms with van der Waals surface area (Å²) >= 11 is 0. The van der Waals surface area contributed by atoms with Gasteiger partial charge in [-0.05, 0) is 56.3 Å². The molecule has 3 amide bonds. The molecule has 1 aromatic rings. The van der Waals surface area contributed by atoms with Crippen LogP contribution in [0.5, 0.6) is 0 Å². The van der Waals surface area contributed by atoms with Crippen molar-refractivity contribution in [2.75, 3.05) is 31.5 Å². The van der Waals surface area contributed by atoms with E-state index in [1.165, 1.54) is 4.90 Å². The van der Waals surface area contributed by atoms with Crippen LogP contribution in [0.15, 0.2) is 18.2 Å². The lowest BCUT2D eigenvalue weighted by Crippen LogP contribution is -2.47. The van der Waals surface area contributed by atoms with Crippen molar-refractivity contribution in [2.45, 2.75) is 37.9 Å². The molecule has 0 aromatic heterocycles. The van der Waals surface area contributed by atoms with Crippen molar-refractivity contribution < 1.29 is 27.2 Å². The molecule has 6 nitrogen and oxygen atoms in total. The molecule has 2 aliphatic heterocycles. The number of rotatable bonds is 4. The Kier molecular flexibility index (Phi) is 6.61. The number of likely N-dealkylation sites (tertiary alicyclic amines) is 1. The van der Waals surface area contributed by atoms with Crippen LogP contribution in [0.1, 0.15) is 31.2 Å². The standard InChI is InChI=1S/C19H24F4N4O2/c20-14-6-5-13(19(21,22)23)9-16(14)26-18(29)27-8-2-3-12(11-27)10-25-17(28)15-4-1-7-24-15/h5-6,9,12,15,24H,1-4,7-8,10-11H2,(H,25,28)(H,26,29). The number of amides is 3. The first-order chi connectivity index (χ1) is 13.7. The van der Waals surface area contributed by atoms with E-state index in [1.54, 1.807) is 0 Å². The van der Waals surface area contributed by atoms with Gasteiger partial charge >= 0.3 is 12.2 Å². The number of hydrogen-bond acceptors (Lipinski definition) is 3. The fourth-order valence-corrected chi connectivity index (χ4v) is 3.68. The van der Waals surface area contributed by atoms with E-state index in [9.17, 15) is 27.2 Å². The third kappa shape index (κ3) is 5.59. The van der Waals surface area contributed by atoms with Crippen LogP contribution >= 0.6 is 0 Å². The molecule has 2 heterocycles. The Labute approximate surface area is 166 Å². The number of piperidine rings is 1. The summed E-state index contributed by atoms with van der Waals surface area (Å²) in [5.74, 6) is -0.961. The number of anilines is 1. The SMILES string of the molecule is O=C(NCC1CCCN(C(=O)Nc2cc(C(F)(F)F)ccc2F)C1)C1CCCN1. The molecule has 0 bridgehead atoms. The van der Waals surface area contributed by atoms with Crippen molar-refractivity contribution in [3.8, 4) is 0 Å². The Balaban J connectivity index is 1.55. The minimum Gasteiger partial charge on any atom is -0.354 e. The summed E-state index contributed by atoms with van der Waals surface area (Å²) < 4.78 is 52.3. The highest BCUT2D eigenvalue weighted by Crippen LogP contribution is 2.32. The number of hydrogen-bond donors (Lipinski definition) is 3. The largest absolute Gasteiger partial charge is 0.416 e. The lowest BCUT2D eigenvalue weighted by Gasteiger charge is -2.33. The molecule has 2 aliphatic rings. The Morgan fingerprint density at radius 3 is 2.69 bits per heavy atom. The third-order valence-electron chi connectivity index (χ3n) is 5.28. The third-order valence-corrected chi connectivity index (χ3v) is 5.28. The second-order valence-corrected chi connectivity index (χ2v) is 7.47. The number of benzene rings is 1. The van der Waals surface area contributed by atoms with Gasteiger partial charge in [0.1, 0.15) is 5.82 Å². The number of urea groups is 1. The van der Waals surface area contributed by atoms with E-state index in [-0.39, 0.29) is 17.9 Å². The molecule has 10 heteroatoms. The summed E-state index contributed by atoms with van der Waals surface area (Å²) in [5.41, 5.74) is -1.54. The van der Waals surface area contributed by atoms with E-state index >= 15 is 0 Å². The number of nitrogens with zero attached hydrogens (tertiary/aromatic N) is 1. The van der Waals surface area contributed by atoms with E-state index < -0.39 is 29.3 Å². The molecular weight excluding hydrogens is 392 g/mol. The van der Waals surface area contributed by atoms with Gasteiger partial charge in [0.25, 0.3) is 0 Å². The number of carbonyl (C=O) groups is 2. The summed E-state index contributed by atoms with van der Waals surface area (Å²) in [6.07, 6.45) is -1.36. The van der Waals surface area contributed by atoms with Crippen molar-refractivity contribution >= 4 is 17.6 Å². The van der Waals surface area contributed by atoms with Gasteiger partial charge in [-0.3, -0.25) is 4.79 Å². The molecule has 29 heavy (non-hydrogen) atoms. The van der Waals surface area contributed by atoms with Crippen LogP contribution in [-0.2, 0) is 11.0 Å². The van der Waals surface area contributed by atoms with Crippen LogP contribution in [0.25, 0.3) is 0 Å². The van der Waals surface area contributed by atoms with Crippen molar-refractivity contribution in [2.24, 2.45) is 5.92 Å². The first-order valence-electron chi connectivity index (χ1n) is 9.68. The van der Waals surface area contributed by atoms with Gasteiger partial charge in [-0.25, -0.2) is 9.18 Å².